The number of rotatable bonds is 4. The van der Waals surface area contributed by atoms with Gasteiger partial charge in [-0.1, -0.05) is 0 Å². The maximum atomic E-state index is 11.8. The third-order valence-corrected chi connectivity index (χ3v) is 2.80. The van der Waals surface area contributed by atoms with Crippen molar-refractivity contribution in [1.82, 2.24) is 15.2 Å². The van der Waals surface area contributed by atoms with Crippen molar-refractivity contribution in [2.75, 3.05) is 40.4 Å². The number of nitrogens with zero attached hydrogens (tertiary/aromatic N) is 2. The number of carbonyl (C=O) groups is 1. The molecule has 6 nitrogen and oxygen atoms in total. The molecule has 1 atom stereocenters. The van der Waals surface area contributed by atoms with Gasteiger partial charge in [0.2, 0.25) is 0 Å². The third-order valence-electron chi connectivity index (χ3n) is 2.80. The third kappa shape index (κ3) is 3.90. The monoisotopic (exact) mass is 265 g/mol. The Morgan fingerprint density at radius 1 is 1.63 bits per heavy atom. The summed E-state index contributed by atoms with van der Waals surface area (Å²) in [6.07, 6.45) is 1.63. The SMILES string of the molecule is CN(C)C(=O)c1cc(OCC2CNCCO2)ccn1. The molecule has 1 aliphatic rings. The van der Waals surface area contributed by atoms with Crippen LogP contribution in [0.4, 0.5) is 0 Å². The molecule has 2 heterocycles. The fourth-order valence-corrected chi connectivity index (χ4v) is 1.76. The maximum absolute atomic E-state index is 11.8. The average molecular weight is 265 g/mol. The fraction of sp³-hybridized carbons (Fsp3) is 0.538. The molecular weight excluding hydrogens is 246 g/mol. The Morgan fingerprint density at radius 3 is 3.16 bits per heavy atom. The summed E-state index contributed by atoms with van der Waals surface area (Å²) in [5.74, 6) is 0.496. The van der Waals surface area contributed by atoms with Gasteiger partial charge in [-0.15, -0.1) is 0 Å². The number of morpholine rings is 1. The molecule has 0 radical (unpaired) electrons. The summed E-state index contributed by atoms with van der Waals surface area (Å²) in [7, 11) is 3.39. The largest absolute Gasteiger partial charge is 0.491 e. The summed E-state index contributed by atoms with van der Waals surface area (Å²) in [6.45, 7) is 2.84. The average Bonchev–Trinajstić information content (AvgIpc) is 2.45. The molecule has 1 saturated heterocycles. The van der Waals surface area contributed by atoms with Crippen LogP contribution in [0, 0.1) is 0 Å². The Balaban J connectivity index is 1.93. The molecule has 1 aromatic heterocycles. The van der Waals surface area contributed by atoms with E-state index in [0.29, 0.717) is 24.7 Å². The van der Waals surface area contributed by atoms with Gasteiger partial charge in [-0.05, 0) is 6.07 Å². The predicted octanol–water partition coefficient (Wildman–Crippen LogP) is 0.151. The Kier molecular flexibility index (Phi) is 4.70. The van der Waals surface area contributed by atoms with Gasteiger partial charge >= 0.3 is 0 Å². The van der Waals surface area contributed by atoms with Crippen molar-refractivity contribution in [2.24, 2.45) is 0 Å². The summed E-state index contributed by atoms with van der Waals surface area (Å²) < 4.78 is 11.2. The minimum Gasteiger partial charge on any atom is -0.491 e. The van der Waals surface area contributed by atoms with E-state index in [1.165, 1.54) is 4.90 Å². The molecule has 1 amide bonds. The summed E-state index contributed by atoms with van der Waals surface area (Å²) >= 11 is 0. The van der Waals surface area contributed by atoms with Gasteiger partial charge in [0, 0.05) is 39.4 Å². The van der Waals surface area contributed by atoms with Gasteiger partial charge < -0.3 is 19.7 Å². The van der Waals surface area contributed by atoms with Gasteiger partial charge in [0.05, 0.1) is 6.61 Å². The lowest BCUT2D eigenvalue weighted by Crippen LogP contribution is -2.41. The molecule has 6 heteroatoms. The van der Waals surface area contributed by atoms with E-state index >= 15 is 0 Å². The smallest absolute Gasteiger partial charge is 0.272 e. The number of pyridine rings is 1. The highest BCUT2D eigenvalue weighted by Crippen LogP contribution is 2.13. The van der Waals surface area contributed by atoms with E-state index in [9.17, 15) is 4.79 Å². The van der Waals surface area contributed by atoms with Crippen LogP contribution >= 0.6 is 0 Å². The number of ether oxygens (including phenoxy) is 2. The molecule has 0 aromatic carbocycles. The highest BCUT2D eigenvalue weighted by atomic mass is 16.5. The molecule has 1 N–H and O–H groups in total. The Bertz CT molecular complexity index is 431. The Labute approximate surface area is 112 Å². The lowest BCUT2D eigenvalue weighted by molar-refractivity contribution is 0.000163. The van der Waals surface area contributed by atoms with Crippen molar-refractivity contribution in [1.29, 1.82) is 0 Å². The van der Waals surface area contributed by atoms with Crippen molar-refractivity contribution in [3.05, 3.63) is 24.0 Å². The lowest BCUT2D eigenvalue weighted by Gasteiger charge is -2.23. The topological polar surface area (TPSA) is 63.7 Å². The molecule has 0 bridgehead atoms. The first-order valence-corrected chi connectivity index (χ1v) is 6.29. The first-order valence-electron chi connectivity index (χ1n) is 6.29. The highest BCUT2D eigenvalue weighted by Gasteiger charge is 2.15. The van der Waals surface area contributed by atoms with Crippen LogP contribution in [0.5, 0.6) is 5.75 Å². The van der Waals surface area contributed by atoms with Gasteiger partial charge in [0.15, 0.2) is 0 Å². The van der Waals surface area contributed by atoms with Crippen LogP contribution in [0.2, 0.25) is 0 Å². The van der Waals surface area contributed by atoms with E-state index in [-0.39, 0.29) is 12.0 Å². The molecule has 19 heavy (non-hydrogen) atoms. The van der Waals surface area contributed by atoms with E-state index in [0.717, 1.165) is 13.1 Å². The number of aromatic nitrogens is 1. The standard InChI is InChI=1S/C13H19N3O3/c1-16(2)13(17)12-7-10(3-4-15-12)19-9-11-8-14-5-6-18-11/h3-4,7,11,14H,5-6,8-9H2,1-2H3. The predicted molar refractivity (Wildman–Crippen MR) is 70.4 cm³/mol. The second-order valence-corrected chi connectivity index (χ2v) is 4.58. The van der Waals surface area contributed by atoms with Crippen LogP contribution in [-0.2, 0) is 4.74 Å². The number of amides is 1. The Morgan fingerprint density at radius 2 is 2.47 bits per heavy atom. The second kappa shape index (κ2) is 6.49. The van der Waals surface area contributed by atoms with Gasteiger partial charge in [-0.2, -0.15) is 0 Å². The normalized spacial score (nSPS) is 18.9. The number of nitrogens with one attached hydrogen (secondary N) is 1. The summed E-state index contributed by atoms with van der Waals surface area (Å²) in [6, 6.07) is 3.39. The van der Waals surface area contributed by atoms with Gasteiger partial charge in [0.1, 0.15) is 24.2 Å². The molecule has 1 aromatic rings. The van der Waals surface area contributed by atoms with Crippen molar-refractivity contribution in [3.8, 4) is 5.75 Å². The lowest BCUT2D eigenvalue weighted by atomic mass is 10.3. The van der Waals surface area contributed by atoms with E-state index in [4.69, 9.17) is 9.47 Å². The number of hydrogen-bond donors (Lipinski definition) is 1. The summed E-state index contributed by atoms with van der Waals surface area (Å²) in [5.41, 5.74) is 0.380. The molecular formula is C13H19N3O3. The molecule has 0 spiro atoms. The zero-order chi connectivity index (χ0) is 13.7. The van der Waals surface area contributed by atoms with E-state index in [1.54, 1.807) is 32.4 Å². The second-order valence-electron chi connectivity index (χ2n) is 4.58. The molecule has 1 unspecified atom stereocenters. The Hall–Kier alpha value is -1.66. The first-order chi connectivity index (χ1) is 9.16. The van der Waals surface area contributed by atoms with E-state index in [1.807, 2.05) is 0 Å². The van der Waals surface area contributed by atoms with Crippen LogP contribution in [0.15, 0.2) is 18.3 Å². The fourth-order valence-electron chi connectivity index (χ4n) is 1.76. The molecule has 1 aliphatic heterocycles. The van der Waals surface area contributed by atoms with Gasteiger partial charge in [0.25, 0.3) is 5.91 Å². The molecule has 0 saturated carbocycles. The quantitative estimate of drug-likeness (QED) is 0.839. The van der Waals surface area contributed by atoms with E-state index < -0.39 is 0 Å². The van der Waals surface area contributed by atoms with Crippen LogP contribution in [0.25, 0.3) is 0 Å². The molecule has 2 rings (SSSR count). The van der Waals surface area contributed by atoms with E-state index in [2.05, 4.69) is 10.3 Å². The maximum Gasteiger partial charge on any atom is 0.272 e. The first kappa shape index (κ1) is 13.8. The minimum atomic E-state index is -0.138. The van der Waals surface area contributed by atoms with Crippen molar-refractivity contribution in [3.63, 3.8) is 0 Å². The van der Waals surface area contributed by atoms with Crippen LogP contribution < -0.4 is 10.1 Å². The molecule has 104 valence electrons. The van der Waals surface area contributed by atoms with Gasteiger partial charge in [-0.25, -0.2) is 0 Å². The van der Waals surface area contributed by atoms with Crippen LogP contribution in [-0.4, -0.2) is 62.3 Å². The number of carbonyl (C=O) groups excluding carboxylic acids is 1. The summed E-state index contributed by atoms with van der Waals surface area (Å²) in [4.78, 5) is 17.3. The zero-order valence-electron chi connectivity index (χ0n) is 11.3. The zero-order valence-corrected chi connectivity index (χ0v) is 11.3. The highest BCUT2D eigenvalue weighted by molar-refractivity contribution is 5.92. The van der Waals surface area contributed by atoms with Crippen molar-refractivity contribution >= 4 is 5.91 Å². The molecule has 1 fully saturated rings. The molecule has 0 aliphatic carbocycles. The van der Waals surface area contributed by atoms with Crippen LogP contribution in [0.3, 0.4) is 0 Å². The minimum absolute atomic E-state index is 0.0508. The van der Waals surface area contributed by atoms with Crippen molar-refractivity contribution < 1.29 is 14.3 Å². The summed E-state index contributed by atoms with van der Waals surface area (Å²) in [5, 5.41) is 3.24. The van der Waals surface area contributed by atoms with Gasteiger partial charge in [-0.3, -0.25) is 9.78 Å². The number of hydrogen-bond acceptors (Lipinski definition) is 5. The van der Waals surface area contributed by atoms with Crippen molar-refractivity contribution in [2.45, 2.75) is 6.10 Å². The van der Waals surface area contributed by atoms with Crippen LogP contribution in [0.1, 0.15) is 10.5 Å².